The third kappa shape index (κ3) is 3.25. The van der Waals surface area contributed by atoms with Gasteiger partial charge in [-0.05, 0) is 43.3 Å². The molecule has 2 heterocycles. The number of hydrogen-bond donors (Lipinski definition) is 1. The van der Waals surface area contributed by atoms with Crippen LogP contribution >= 0.6 is 11.3 Å². The fraction of sp³-hybridized carbons (Fsp3) is 0.125. The Bertz CT molecular complexity index is 737. The predicted molar refractivity (Wildman–Crippen MR) is 83.8 cm³/mol. The molecular weight excluding hydrogens is 285 g/mol. The zero-order valence-corrected chi connectivity index (χ0v) is 12.3. The molecule has 3 aromatic rings. The monoisotopic (exact) mass is 299 g/mol. The van der Waals surface area contributed by atoms with Crippen LogP contribution in [0.1, 0.15) is 11.4 Å². The molecule has 0 saturated heterocycles. The van der Waals surface area contributed by atoms with Gasteiger partial charge in [-0.2, -0.15) is 0 Å². The van der Waals surface area contributed by atoms with Gasteiger partial charge in [-0.15, -0.1) is 11.3 Å². The number of rotatable bonds is 4. The van der Waals surface area contributed by atoms with Crippen LogP contribution in [-0.2, 0) is 6.54 Å². The van der Waals surface area contributed by atoms with Gasteiger partial charge in [0.05, 0.1) is 23.6 Å². The molecule has 0 aliphatic rings. The molecule has 0 unspecified atom stereocenters. The fourth-order valence-electron chi connectivity index (χ4n) is 1.97. The molecule has 3 nitrogen and oxygen atoms in total. The van der Waals surface area contributed by atoms with Crippen LogP contribution in [0.2, 0.25) is 0 Å². The first-order valence-electron chi connectivity index (χ1n) is 6.58. The number of aryl methyl sites for hydroxylation is 1. The standard InChI is InChI=1S/C16H14FN3S/c1-11-15(3-2-8-18-11)19-9-14-10-21-16(20-14)12-4-6-13(17)7-5-12/h2-8,10,19H,9H2,1H3. The summed E-state index contributed by atoms with van der Waals surface area (Å²) in [7, 11) is 0. The summed E-state index contributed by atoms with van der Waals surface area (Å²) in [4.78, 5) is 8.80. The number of benzene rings is 1. The van der Waals surface area contributed by atoms with Crippen molar-refractivity contribution in [1.29, 1.82) is 0 Å². The molecule has 1 aromatic carbocycles. The number of anilines is 1. The lowest BCUT2D eigenvalue weighted by Gasteiger charge is -2.06. The zero-order chi connectivity index (χ0) is 14.7. The van der Waals surface area contributed by atoms with E-state index in [0.717, 1.165) is 27.6 Å². The van der Waals surface area contributed by atoms with Crippen molar-refractivity contribution in [2.24, 2.45) is 0 Å². The van der Waals surface area contributed by atoms with E-state index in [1.165, 1.54) is 12.1 Å². The van der Waals surface area contributed by atoms with Gasteiger partial charge >= 0.3 is 0 Å². The number of aromatic nitrogens is 2. The van der Waals surface area contributed by atoms with Gasteiger partial charge < -0.3 is 5.32 Å². The lowest BCUT2D eigenvalue weighted by Crippen LogP contribution is -2.02. The number of pyridine rings is 1. The van der Waals surface area contributed by atoms with Crippen molar-refractivity contribution in [3.63, 3.8) is 0 Å². The Morgan fingerprint density at radius 3 is 2.76 bits per heavy atom. The number of nitrogens with one attached hydrogen (secondary N) is 1. The van der Waals surface area contributed by atoms with Crippen LogP contribution in [0, 0.1) is 12.7 Å². The van der Waals surface area contributed by atoms with Crippen molar-refractivity contribution in [2.45, 2.75) is 13.5 Å². The molecule has 0 fully saturated rings. The molecule has 0 atom stereocenters. The summed E-state index contributed by atoms with van der Waals surface area (Å²) in [5.74, 6) is -0.232. The molecule has 21 heavy (non-hydrogen) atoms. The van der Waals surface area contributed by atoms with Crippen molar-refractivity contribution < 1.29 is 4.39 Å². The van der Waals surface area contributed by atoms with Crippen molar-refractivity contribution in [3.8, 4) is 10.6 Å². The quantitative estimate of drug-likeness (QED) is 0.782. The Labute approximate surface area is 126 Å². The number of halogens is 1. The van der Waals surface area contributed by atoms with Crippen LogP contribution in [0.3, 0.4) is 0 Å². The molecule has 3 rings (SSSR count). The number of thiazole rings is 1. The summed E-state index contributed by atoms with van der Waals surface area (Å²) >= 11 is 1.56. The first kappa shape index (κ1) is 13.7. The summed E-state index contributed by atoms with van der Waals surface area (Å²) in [6.07, 6.45) is 1.77. The third-order valence-corrected chi connectivity index (χ3v) is 4.05. The van der Waals surface area contributed by atoms with Gasteiger partial charge in [0.25, 0.3) is 0 Å². The largest absolute Gasteiger partial charge is 0.378 e. The fourth-order valence-corrected chi connectivity index (χ4v) is 2.80. The molecule has 0 bridgehead atoms. The second-order valence-electron chi connectivity index (χ2n) is 4.64. The van der Waals surface area contributed by atoms with Crippen molar-refractivity contribution >= 4 is 17.0 Å². The third-order valence-electron chi connectivity index (χ3n) is 3.11. The first-order valence-corrected chi connectivity index (χ1v) is 7.46. The summed E-state index contributed by atoms with van der Waals surface area (Å²) in [5.41, 5.74) is 3.87. The Morgan fingerprint density at radius 2 is 2.00 bits per heavy atom. The van der Waals surface area contributed by atoms with Crippen LogP contribution in [0.15, 0.2) is 48.0 Å². The Morgan fingerprint density at radius 1 is 1.19 bits per heavy atom. The second-order valence-corrected chi connectivity index (χ2v) is 5.50. The van der Waals surface area contributed by atoms with Crippen LogP contribution in [0.25, 0.3) is 10.6 Å². The maximum Gasteiger partial charge on any atom is 0.123 e. The summed E-state index contributed by atoms with van der Waals surface area (Å²) in [6, 6.07) is 10.3. The van der Waals surface area contributed by atoms with E-state index >= 15 is 0 Å². The molecular formula is C16H14FN3S. The van der Waals surface area contributed by atoms with E-state index in [1.807, 2.05) is 24.4 Å². The van der Waals surface area contributed by atoms with E-state index in [0.29, 0.717) is 6.54 Å². The van der Waals surface area contributed by atoms with E-state index < -0.39 is 0 Å². The highest BCUT2D eigenvalue weighted by Crippen LogP contribution is 2.24. The summed E-state index contributed by atoms with van der Waals surface area (Å²) in [5, 5.41) is 6.23. The molecule has 0 aliphatic carbocycles. The van der Waals surface area contributed by atoms with Crippen molar-refractivity contribution in [3.05, 3.63) is 65.2 Å². The minimum atomic E-state index is -0.232. The Balaban J connectivity index is 1.71. The number of hydrogen-bond acceptors (Lipinski definition) is 4. The van der Waals surface area contributed by atoms with E-state index in [4.69, 9.17) is 0 Å². The van der Waals surface area contributed by atoms with E-state index in [-0.39, 0.29) is 5.82 Å². The molecule has 106 valence electrons. The molecule has 2 aromatic heterocycles. The van der Waals surface area contributed by atoms with Gasteiger partial charge in [-0.3, -0.25) is 4.98 Å². The van der Waals surface area contributed by atoms with Crippen LogP contribution in [-0.4, -0.2) is 9.97 Å². The highest BCUT2D eigenvalue weighted by Gasteiger charge is 2.05. The van der Waals surface area contributed by atoms with Crippen LogP contribution in [0.4, 0.5) is 10.1 Å². The normalized spacial score (nSPS) is 10.6. The van der Waals surface area contributed by atoms with Crippen LogP contribution < -0.4 is 5.32 Å². The Kier molecular flexibility index (Phi) is 3.92. The van der Waals surface area contributed by atoms with Gasteiger partial charge in [0.1, 0.15) is 10.8 Å². The Hall–Kier alpha value is -2.27. The van der Waals surface area contributed by atoms with Gasteiger partial charge in [-0.25, -0.2) is 9.37 Å². The molecule has 0 saturated carbocycles. The highest BCUT2D eigenvalue weighted by atomic mass is 32.1. The molecule has 5 heteroatoms. The van der Waals surface area contributed by atoms with E-state index in [1.54, 1.807) is 29.7 Å². The van der Waals surface area contributed by atoms with E-state index in [9.17, 15) is 4.39 Å². The van der Waals surface area contributed by atoms with E-state index in [2.05, 4.69) is 15.3 Å². The van der Waals surface area contributed by atoms with Gasteiger partial charge in [0, 0.05) is 17.1 Å². The lowest BCUT2D eigenvalue weighted by atomic mass is 10.2. The van der Waals surface area contributed by atoms with Crippen LogP contribution in [0.5, 0.6) is 0 Å². The average molecular weight is 299 g/mol. The second kappa shape index (κ2) is 6.01. The molecule has 0 radical (unpaired) electrons. The van der Waals surface area contributed by atoms with Crippen molar-refractivity contribution in [1.82, 2.24) is 9.97 Å². The number of nitrogens with zero attached hydrogens (tertiary/aromatic N) is 2. The molecule has 1 N–H and O–H groups in total. The minimum absolute atomic E-state index is 0.232. The maximum atomic E-state index is 12.9. The summed E-state index contributed by atoms with van der Waals surface area (Å²) < 4.78 is 12.9. The minimum Gasteiger partial charge on any atom is -0.378 e. The molecule has 0 amide bonds. The van der Waals surface area contributed by atoms with Gasteiger partial charge in [-0.1, -0.05) is 0 Å². The highest BCUT2D eigenvalue weighted by molar-refractivity contribution is 7.13. The zero-order valence-electron chi connectivity index (χ0n) is 11.5. The van der Waals surface area contributed by atoms with Crippen molar-refractivity contribution in [2.75, 3.05) is 5.32 Å². The molecule has 0 spiro atoms. The van der Waals surface area contributed by atoms with Gasteiger partial charge in [0.2, 0.25) is 0 Å². The lowest BCUT2D eigenvalue weighted by molar-refractivity contribution is 0.628. The molecule has 0 aliphatic heterocycles. The van der Waals surface area contributed by atoms with Gasteiger partial charge in [0.15, 0.2) is 0 Å². The topological polar surface area (TPSA) is 37.8 Å². The summed E-state index contributed by atoms with van der Waals surface area (Å²) in [6.45, 7) is 2.61. The maximum absolute atomic E-state index is 12.9. The average Bonchev–Trinajstić information content (AvgIpc) is 2.96. The predicted octanol–water partition coefficient (Wildman–Crippen LogP) is 4.26. The smallest absolute Gasteiger partial charge is 0.123 e. The first-order chi connectivity index (χ1) is 10.2. The SMILES string of the molecule is Cc1ncccc1NCc1csc(-c2ccc(F)cc2)n1.